The third-order valence-corrected chi connectivity index (χ3v) is 4.79. The lowest BCUT2D eigenvalue weighted by Gasteiger charge is -2.26. The molecular formula is C18H22O4S. The molecule has 23 heavy (non-hydrogen) atoms. The molecule has 124 valence electrons. The first-order chi connectivity index (χ1) is 10.6. The summed E-state index contributed by atoms with van der Waals surface area (Å²) in [6, 6.07) is 12.9. The van der Waals surface area contributed by atoms with Crippen LogP contribution in [-0.2, 0) is 10.1 Å². The third kappa shape index (κ3) is 4.33. The molecule has 0 aliphatic carbocycles. The fourth-order valence-electron chi connectivity index (χ4n) is 2.09. The largest absolute Gasteiger partial charge is 0.388 e. The third-order valence-electron chi connectivity index (χ3n) is 3.53. The maximum atomic E-state index is 12.2. The first kappa shape index (κ1) is 17.5. The maximum Gasteiger partial charge on any atom is 0.339 e. The van der Waals surface area contributed by atoms with Crippen molar-refractivity contribution in [3.8, 4) is 5.75 Å². The van der Waals surface area contributed by atoms with Gasteiger partial charge in [0.2, 0.25) is 0 Å². The van der Waals surface area contributed by atoms with E-state index in [-0.39, 0.29) is 16.1 Å². The lowest BCUT2D eigenvalue weighted by molar-refractivity contribution is 0.0626. The first-order valence-corrected chi connectivity index (χ1v) is 8.79. The molecule has 0 saturated heterocycles. The highest BCUT2D eigenvalue weighted by Gasteiger charge is 2.24. The Labute approximate surface area is 137 Å². The molecule has 0 heterocycles. The molecule has 2 aromatic rings. The van der Waals surface area contributed by atoms with Crippen molar-refractivity contribution >= 4 is 10.1 Å². The van der Waals surface area contributed by atoms with Gasteiger partial charge in [0.1, 0.15) is 10.6 Å². The summed E-state index contributed by atoms with van der Waals surface area (Å²) < 4.78 is 29.6. The molecule has 0 saturated carbocycles. The van der Waals surface area contributed by atoms with Gasteiger partial charge in [-0.15, -0.1) is 0 Å². The number of aliphatic hydroxyl groups excluding tert-OH is 1. The molecule has 1 atom stereocenters. The minimum Gasteiger partial charge on any atom is -0.388 e. The maximum absolute atomic E-state index is 12.2. The second-order valence-electron chi connectivity index (χ2n) is 6.69. The van der Waals surface area contributed by atoms with E-state index in [1.54, 1.807) is 36.4 Å². The number of hydrogen-bond acceptors (Lipinski definition) is 4. The summed E-state index contributed by atoms with van der Waals surface area (Å²) in [4.78, 5) is 0.113. The number of benzene rings is 2. The monoisotopic (exact) mass is 334 g/mol. The van der Waals surface area contributed by atoms with Crippen molar-refractivity contribution in [3.63, 3.8) is 0 Å². The predicted molar refractivity (Wildman–Crippen MR) is 89.8 cm³/mol. The SMILES string of the molecule is Cc1ccc(S(=O)(=O)Oc2ccc(C(O)C(C)(C)C)cc2)cc1. The normalized spacial score (nSPS) is 13.6. The quantitative estimate of drug-likeness (QED) is 0.863. The number of hydrogen-bond donors (Lipinski definition) is 1. The van der Waals surface area contributed by atoms with Crippen LogP contribution >= 0.6 is 0 Å². The van der Waals surface area contributed by atoms with E-state index >= 15 is 0 Å². The highest BCUT2D eigenvalue weighted by Crippen LogP contribution is 2.33. The van der Waals surface area contributed by atoms with Crippen LogP contribution in [0.25, 0.3) is 0 Å². The summed E-state index contributed by atoms with van der Waals surface area (Å²) in [5.41, 5.74) is 1.40. The van der Waals surface area contributed by atoms with Gasteiger partial charge in [-0.05, 0) is 42.2 Å². The van der Waals surface area contributed by atoms with Gasteiger partial charge in [0.15, 0.2) is 0 Å². The zero-order chi connectivity index (χ0) is 17.3. The van der Waals surface area contributed by atoms with Gasteiger partial charge in [-0.2, -0.15) is 8.42 Å². The molecule has 0 aliphatic heterocycles. The van der Waals surface area contributed by atoms with Crippen molar-refractivity contribution in [1.82, 2.24) is 0 Å². The fourth-order valence-corrected chi connectivity index (χ4v) is 3.02. The summed E-state index contributed by atoms with van der Waals surface area (Å²) in [7, 11) is -3.85. The average Bonchev–Trinajstić information content (AvgIpc) is 2.46. The van der Waals surface area contributed by atoms with Gasteiger partial charge in [-0.25, -0.2) is 0 Å². The van der Waals surface area contributed by atoms with Crippen molar-refractivity contribution in [2.45, 2.75) is 38.7 Å². The fraction of sp³-hybridized carbons (Fsp3) is 0.333. The van der Waals surface area contributed by atoms with Crippen LogP contribution < -0.4 is 4.18 Å². The molecule has 2 aromatic carbocycles. The van der Waals surface area contributed by atoms with Crippen LogP contribution in [0, 0.1) is 12.3 Å². The van der Waals surface area contributed by atoms with Gasteiger partial charge in [0.25, 0.3) is 0 Å². The Morgan fingerprint density at radius 2 is 1.48 bits per heavy atom. The highest BCUT2D eigenvalue weighted by atomic mass is 32.2. The summed E-state index contributed by atoms with van der Waals surface area (Å²) >= 11 is 0. The second-order valence-corrected chi connectivity index (χ2v) is 8.23. The minimum absolute atomic E-state index is 0.113. The number of aliphatic hydroxyl groups is 1. The molecule has 1 unspecified atom stereocenters. The van der Waals surface area contributed by atoms with E-state index < -0.39 is 16.2 Å². The van der Waals surface area contributed by atoms with Crippen LogP contribution in [0.5, 0.6) is 5.75 Å². The Kier molecular flexibility index (Phi) is 4.82. The lowest BCUT2D eigenvalue weighted by Crippen LogP contribution is -2.17. The zero-order valence-corrected chi connectivity index (χ0v) is 14.6. The van der Waals surface area contributed by atoms with E-state index in [2.05, 4.69) is 0 Å². The summed E-state index contributed by atoms with van der Waals surface area (Å²) in [5.74, 6) is 0.218. The van der Waals surface area contributed by atoms with Crippen LogP contribution in [0.15, 0.2) is 53.4 Å². The second kappa shape index (κ2) is 6.34. The van der Waals surface area contributed by atoms with E-state index in [1.165, 1.54) is 12.1 Å². The zero-order valence-electron chi connectivity index (χ0n) is 13.8. The van der Waals surface area contributed by atoms with E-state index in [0.717, 1.165) is 11.1 Å². The van der Waals surface area contributed by atoms with Gasteiger partial charge in [-0.1, -0.05) is 50.6 Å². The standard InChI is InChI=1S/C18H22O4S/c1-13-5-11-16(12-6-13)23(20,21)22-15-9-7-14(8-10-15)17(19)18(2,3)4/h5-12,17,19H,1-4H3. The molecule has 0 bridgehead atoms. The summed E-state index contributed by atoms with van der Waals surface area (Å²) in [6.07, 6.45) is -0.634. The average molecular weight is 334 g/mol. The van der Waals surface area contributed by atoms with Crippen molar-refractivity contribution in [2.24, 2.45) is 5.41 Å². The van der Waals surface area contributed by atoms with Crippen molar-refractivity contribution in [2.75, 3.05) is 0 Å². The van der Waals surface area contributed by atoms with Crippen molar-refractivity contribution in [1.29, 1.82) is 0 Å². The Hall–Kier alpha value is -1.85. The van der Waals surface area contributed by atoms with Gasteiger partial charge in [0, 0.05) is 0 Å². The number of aryl methyl sites for hydroxylation is 1. The van der Waals surface area contributed by atoms with Crippen molar-refractivity contribution < 1.29 is 17.7 Å². The van der Waals surface area contributed by atoms with Gasteiger partial charge in [0.05, 0.1) is 6.10 Å². The van der Waals surface area contributed by atoms with Crippen LogP contribution in [0.2, 0.25) is 0 Å². The molecule has 4 nitrogen and oxygen atoms in total. The molecule has 0 aromatic heterocycles. The lowest BCUT2D eigenvalue weighted by atomic mass is 9.85. The molecule has 0 radical (unpaired) electrons. The Morgan fingerprint density at radius 3 is 1.96 bits per heavy atom. The summed E-state index contributed by atoms with van der Waals surface area (Å²) in [6.45, 7) is 7.69. The predicted octanol–water partition coefficient (Wildman–Crippen LogP) is 3.84. The highest BCUT2D eigenvalue weighted by molar-refractivity contribution is 7.87. The van der Waals surface area contributed by atoms with Crippen LogP contribution in [-0.4, -0.2) is 13.5 Å². The first-order valence-electron chi connectivity index (χ1n) is 7.39. The molecule has 0 spiro atoms. The van der Waals surface area contributed by atoms with Gasteiger partial charge >= 0.3 is 10.1 Å². The van der Waals surface area contributed by atoms with E-state index in [0.29, 0.717) is 0 Å². The summed E-state index contributed by atoms with van der Waals surface area (Å²) in [5, 5.41) is 10.2. The molecular weight excluding hydrogens is 312 g/mol. The topological polar surface area (TPSA) is 63.6 Å². The Balaban J connectivity index is 2.19. The molecule has 0 amide bonds. The van der Waals surface area contributed by atoms with Crippen LogP contribution in [0.4, 0.5) is 0 Å². The van der Waals surface area contributed by atoms with Crippen LogP contribution in [0.3, 0.4) is 0 Å². The van der Waals surface area contributed by atoms with Gasteiger partial charge < -0.3 is 9.29 Å². The smallest absolute Gasteiger partial charge is 0.339 e. The molecule has 0 fully saturated rings. The number of rotatable bonds is 4. The minimum atomic E-state index is -3.85. The van der Waals surface area contributed by atoms with E-state index in [1.807, 2.05) is 27.7 Å². The molecule has 1 N–H and O–H groups in total. The van der Waals surface area contributed by atoms with Crippen LogP contribution in [0.1, 0.15) is 38.0 Å². The van der Waals surface area contributed by atoms with Crippen molar-refractivity contribution in [3.05, 3.63) is 59.7 Å². The molecule has 2 rings (SSSR count). The van der Waals surface area contributed by atoms with E-state index in [4.69, 9.17) is 4.18 Å². The Bertz CT molecular complexity index is 754. The van der Waals surface area contributed by atoms with Gasteiger partial charge in [-0.3, -0.25) is 0 Å². The van der Waals surface area contributed by atoms with E-state index in [9.17, 15) is 13.5 Å². The molecule has 0 aliphatic rings. The Morgan fingerprint density at radius 1 is 0.957 bits per heavy atom. The molecule has 5 heteroatoms.